The molecule has 2 aromatic carbocycles. The van der Waals surface area contributed by atoms with E-state index in [9.17, 15) is 9.59 Å². The van der Waals surface area contributed by atoms with Crippen molar-refractivity contribution in [2.75, 3.05) is 30.8 Å². The van der Waals surface area contributed by atoms with Crippen LogP contribution in [0.5, 0.6) is 0 Å². The Morgan fingerprint density at radius 1 is 0.893 bits per heavy atom. The number of hydrogen-bond donors (Lipinski definition) is 2. The fourth-order valence-corrected chi connectivity index (χ4v) is 3.09. The van der Waals surface area contributed by atoms with Gasteiger partial charge in [-0.2, -0.15) is 0 Å². The molecular formula is C22H24N4O2. The molecule has 2 amide bonds. The number of likely N-dealkylation sites (N-methyl/N-ethyl adjacent to an activating group) is 1. The van der Waals surface area contributed by atoms with E-state index in [-0.39, 0.29) is 24.9 Å². The molecule has 3 aromatic rings. The van der Waals surface area contributed by atoms with Crippen molar-refractivity contribution >= 4 is 34.1 Å². The molecule has 28 heavy (non-hydrogen) atoms. The van der Waals surface area contributed by atoms with Crippen molar-refractivity contribution < 1.29 is 9.59 Å². The highest BCUT2D eigenvalue weighted by Gasteiger charge is 2.13. The van der Waals surface area contributed by atoms with E-state index < -0.39 is 0 Å². The number of nitrogens with one attached hydrogen (secondary N) is 2. The van der Waals surface area contributed by atoms with Gasteiger partial charge in [-0.15, -0.1) is 0 Å². The minimum absolute atomic E-state index is 0.111. The zero-order valence-electron chi connectivity index (χ0n) is 16.1. The van der Waals surface area contributed by atoms with Crippen LogP contribution in [-0.4, -0.2) is 41.8 Å². The molecule has 0 radical (unpaired) electrons. The van der Waals surface area contributed by atoms with Crippen LogP contribution in [0, 0.1) is 0 Å². The Hall–Kier alpha value is -3.25. The SMILES string of the molecule is CCc1ccccc1NC(=O)CN(C)CC(=O)Nc1cccc2ncccc12. The smallest absolute Gasteiger partial charge is 0.238 e. The van der Waals surface area contributed by atoms with Crippen LogP contribution in [0.4, 0.5) is 11.4 Å². The second-order valence-corrected chi connectivity index (χ2v) is 6.66. The quantitative estimate of drug-likeness (QED) is 0.663. The molecule has 0 bridgehead atoms. The Kier molecular flexibility index (Phi) is 6.34. The lowest BCUT2D eigenvalue weighted by Crippen LogP contribution is -2.36. The lowest BCUT2D eigenvalue weighted by Gasteiger charge is -2.17. The van der Waals surface area contributed by atoms with Crippen LogP contribution in [0.1, 0.15) is 12.5 Å². The van der Waals surface area contributed by atoms with Gasteiger partial charge in [-0.1, -0.05) is 31.2 Å². The maximum absolute atomic E-state index is 12.4. The van der Waals surface area contributed by atoms with Gasteiger partial charge < -0.3 is 10.6 Å². The number of amides is 2. The number of aryl methyl sites for hydroxylation is 1. The molecule has 0 saturated carbocycles. The first-order valence-electron chi connectivity index (χ1n) is 9.26. The van der Waals surface area contributed by atoms with Crippen LogP contribution in [0.25, 0.3) is 10.9 Å². The summed E-state index contributed by atoms with van der Waals surface area (Å²) in [5, 5.41) is 6.71. The van der Waals surface area contributed by atoms with Crippen LogP contribution in [0.2, 0.25) is 0 Å². The number of carbonyl (C=O) groups excluding carboxylic acids is 2. The Bertz CT molecular complexity index is 982. The van der Waals surface area contributed by atoms with Crippen LogP contribution < -0.4 is 10.6 Å². The summed E-state index contributed by atoms with van der Waals surface area (Å²) in [5.41, 5.74) is 3.44. The third kappa shape index (κ3) is 4.92. The fraction of sp³-hybridized carbons (Fsp3) is 0.227. The van der Waals surface area contributed by atoms with E-state index >= 15 is 0 Å². The van der Waals surface area contributed by atoms with E-state index in [1.165, 1.54) is 0 Å². The topological polar surface area (TPSA) is 74.3 Å². The standard InChI is InChI=1S/C22H24N4O2/c1-3-16-8-4-5-10-18(16)24-21(27)14-26(2)15-22(28)25-20-12-6-11-19-17(20)9-7-13-23-19/h4-13H,3,14-15H2,1-2H3,(H,24,27)(H,25,28). The van der Waals surface area contributed by atoms with Crippen molar-refractivity contribution in [3.05, 3.63) is 66.4 Å². The summed E-state index contributed by atoms with van der Waals surface area (Å²) in [6, 6.07) is 17.1. The average molecular weight is 376 g/mol. The summed E-state index contributed by atoms with van der Waals surface area (Å²) in [6.07, 6.45) is 2.56. The fourth-order valence-electron chi connectivity index (χ4n) is 3.09. The highest BCUT2D eigenvalue weighted by molar-refractivity contribution is 6.01. The maximum Gasteiger partial charge on any atom is 0.238 e. The van der Waals surface area contributed by atoms with Crippen LogP contribution in [0.15, 0.2) is 60.8 Å². The lowest BCUT2D eigenvalue weighted by atomic mass is 10.1. The summed E-state index contributed by atoms with van der Waals surface area (Å²) in [6.45, 7) is 2.28. The molecule has 1 aromatic heterocycles. The van der Waals surface area contributed by atoms with Crippen LogP contribution in [0.3, 0.4) is 0 Å². The number of benzene rings is 2. The second-order valence-electron chi connectivity index (χ2n) is 6.66. The van der Waals surface area contributed by atoms with Gasteiger partial charge in [0.2, 0.25) is 11.8 Å². The van der Waals surface area contributed by atoms with Gasteiger partial charge in [-0.05, 0) is 49.4 Å². The highest BCUT2D eigenvalue weighted by atomic mass is 16.2. The molecule has 0 atom stereocenters. The molecule has 144 valence electrons. The number of aromatic nitrogens is 1. The van der Waals surface area contributed by atoms with Crippen molar-refractivity contribution in [2.24, 2.45) is 0 Å². The molecule has 3 rings (SSSR count). The summed E-state index contributed by atoms with van der Waals surface area (Å²) < 4.78 is 0. The summed E-state index contributed by atoms with van der Waals surface area (Å²) in [7, 11) is 1.75. The number of anilines is 2. The zero-order valence-corrected chi connectivity index (χ0v) is 16.1. The van der Waals surface area contributed by atoms with Gasteiger partial charge in [0.1, 0.15) is 0 Å². The zero-order chi connectivity index (χ0) is 19.9. The van der Waals surface area contributed by atoms with Gasteiger partial charge in [-0.25, -0.2) is 0 Å². The molecule has 6 heteroatoms. The van der Waals surface area contributed by atoms with Crippen molar-refractivity contribution in [3.8, 4) is 0 Å². The van der Waals surface area contributed by atoms with E-state index in [0.29, 0.717) is 5.69 Å². The first-order valence-corrected chi connectivity index (χ1v) is 9.26. The monoisotopic (exact) mass is 376 g/mol. The van der Waals surface area contributed by atoms with Gasteiger partial charge >= 0.3 is 0 Å². The summed E-state index contributed by atoms with van der Waals surface area (Å²) in [4.78, 5) is 30.7. The van der Waals surface area contributed by atoms with Crippen LogP contribution >= 0.6 is 0 Å². The minimum atomic E-state index is -0.180. The van der Waals surface area contributed by atoms with Crippen molar-refractivity contribution in [1.82, 2.24) is 9.88 Å². The third-order valence-corrected chi connectivity index (χ3v) is 4.42. The molecule has 0 aliphatic rings. The number of hydrogen-bond acceptors (Lipinski definition) is 4. The number of fused-ring (bicyclic) bond motifs is 1. The molecule has 0 spiro atoms. The Labute approximate surface area is 164 Å². The predicted octanol–water partition coefficient (Wildman–Crippen LogP) is 3.31. The maximum atomic E-state index is 12.4. The molecule has 0 aliphatic heterocycles. The van der Waals surface area contributed by atoms with Gasteiger partial charge in [0.25, 0.3) is 0 Å². The lowest BCUT2D eigenvalue weighted by molar-refractivity contribution is -0.119. The molecule has 6 nitrogen and oxygen atoms in total. The first-order chi connectivity index (χ1) is 13.6. The number of nitrogens with zero attached hydrogens (tertiary/aromatic N) is 2. The molecule has 0 saturated heterocycles. The van der Waals surface area contributed by atoms with Gasteiger partial charge in [0, 0.05) is 17.3 Å². The molecular weight excluding hydrogens is 352 g/mol. The normalized spacial score (nSPS) is 10.8. The summed E-state index contributed by atoms with van der Waals surface area (Å²) in [5.74, 6) is -0.328. The van der Waals surface area contributed by atoms with Crippen molar-refractivity contribution in [2.45, 2.75) is 13.3 Å². The van der Waals surface area contributed by atoms with Crippen molar-refractivity contribution in [1.29, 1.82) is 0 Å². The third-order valence-electron chi connectivity index (χ3n) is 4.42. The van der Waals surface area contributed by atoms with E-state index in [1.54, 1.807) is 18.1 Å². The molecule has 2 N–H and O–H groups in total. The Balaban J connectivity index is 1.56. The molecule has 0 unspecified atom stereocenters. The average Bonchev–Trinajstić information content (AvgIpc) is 2.68. The van der Waals surface area contributed by atoms with Crippen molar-refractivity contribution in [3.63, 3.8) is 0 Å². The van der Waals surface area contributed by atoms with Crippen LogP contribution in [-0.2, 0) is 16.0 Å². The van der Waals surface area contributed by atoms with E-state index in [4.69, 9.17) is 0 Å². The van der Waals surface area contributed by atoms with Gasteiger partial charge in [0.05, 0.1) is 24.3 Å². The van der Waals surface area contributed by atoms with E-state index in [1.807, 2.05) is 61.5 Å². The van der Waals surface area contributed by atoms with E-state index in [2.05, 4.69) is 15.6 Å². The Morgan fingerprint density at radius 3 is 2.32 bits per heavy atom. The Morgan fingerprint density at radius 2 is 1.57 bits per heavy atom. The number of rotatable bonds is 7. The van der Waals surface area contributed by atoms with E-state index in [0.717, 1.165) is 28.6 Å². The van der Waals surface area contributed by atoms with Gasteiger partial charge in [-0.3, -0.25) is 19.5 Å². The molecule has 0 fully saturated rings. The number of carbonyl (C=O) groups is 2. The molecule has 0 aliphatic carbocycles. The predicted molar refractivity (Wildman–Crippen MR) is 112 cm³/mol. The second kappa shape index (κ2) is 9.10. The first kappa shape index (κ1) is 19.5. The van der Waals surface area contributed by atoms with Gasteiger partial charge in [0.15, 0.2) is 0 Å². The number of pyridine rings is 1. The largest absolute Gasteiger partial charge is 0.325 e. The summed E-state index contributed by atoms with van der Waals surface area (Å²) >= 11 is 0. The minimum Gasteiger partial charge on any atom is -0.325 e. The molecule has 1 heterocycles. The highest BCUT2D eigenvalue weighted by Crippen LogP contribution is 2.21. The number of para-hydroxylation sites is 1.